The first-order chi connectivity index (χ1) is 19.9. The Balaban J connectivity index is 1.07. The number of anilines is 2. The monoisotopic (exact) mass is 569 g/mol. The van der Waals surface area contributed by atoms with Crippen molar-refractivity contribution in [3.05, 3.63) is 71.0 Å². The molecular formula is C29H24ClN7O4. The van der Waals surface area contributed by atoms with Crippen LogP contribution in [-0.2, 0) is 9.59 Å². The molecule has 2 fully saturated rings. The number of halogens is 1. The number of hydrogen-bond acceptors (Lipinski definition) is 8. The van der Waals surface area contributed by atoms with E-state index in [1.54, 1.807) is 18.3 Å². The first-order valence-corrected chi connectivity index (χ1v) is 13.7. The summed E-state index contributed by atoms with van der Waals surface area (Å²) in [6, 6.07) is 12.1. The fourth-order valence-electron chi connectivity index (χ4n) is 5.84. The smallest absolute Gasteiger partial charge is 0.262 e. The van der Waals surface area contributed by atoms with Crippen LogP contribution in [0.25, 0.3) is 22.2 Å². The molecule has 11 nitrogen and oxygen atoms in total. The van der Waals surface area contributed by atoms with Crippen LogP contribution in [0, 0.1) is 0 Å². The second-order valence-electron chi connectivity index (χ2n) is 10.4. The van der Waals surface area contributed by atoms with Gasteiger partial charge in [-0.2, -0.15) is 0 Å². The molecule has 0 saturated carbocycles. The number of imide groups is 2. The number of carbonyl (C=O) groups excluding carboxylic acids is 4. The second kappa shape index (κ2) is 9.70. The molecule has 5 heterocycles. The number of benzene rings is 2. The lowest BCUT2D eigenvalue weighted by Gasteiger charge is -2.27. The van der Waals surface area contributed by atoms with Gasteiger partial charge in [0.15, 0.2) is 0 Å². The number of nitrogens with zero attached hydrogens (tertiary/aromatic N) is 4. The van der Waals surface area contributed by atoms with E-state index in [4.69, 9.17) is 16.6 Å². The van der Waals surface area contributed by atoms with E-state index in [0.717, 1.165) is 40.0 Å². The van der Waals surface area contributed by atoms with Crippen molar-refractivity contribution in [2.45, 2.75) is 31.3 Å². The number of amides is 4. The lowest BCUT2D eigenvalue weighted by atomic mass is 10.0. The van der Waals surface area contributed by atoms with Gasteiger partial charge in [-0.1, -0.05) is 29.8 Å². The molecule has 2 atom stereocenters. The van der Waals surface area contributed by atoms with Gasteiger partial charge in [0.1, 0.15) is 6.04 Å². The van der Waals surface area contributed by atoms with Gasteiger partial charge in [0, 0.05) is 53.9 Å². The molecule has 2 aromatic carbocycles. The molecule has 3 aliphatic heterocycles. The molecule has 7 rings (SSSR count). The minimum Gasteiger partial charge on any atom is -0.369 e. The van der Waals surface area contributed by atoms with Gasteiger partial charge in [-0.15, -0.1) is 0 Å². The van der Waals surface area contributed by atoms with Crippen LogP contribution in [0.2, 0.25) is 5.02 Å². The Morgan fingerprint density at radius 3 is 2.66 bits per heavy atom. The SMILES string of the molecule is O=C1CCC(N2C(=O)c3ccc(N4CC[C@@H](Nc5ncc(Cl)c(-c6c[nH]c7ccccc67)n5)C4)cc3C2=O)C(=O)N1. The minimum absolute atomic E-state index is 0.0394. The summed E-state index contributed by atoms with van der Waals surface area (Å²) in [6.45, 7) is 1.35. The number of nitrogens with one attached hydrogen (secondary N) is 3. The predicted octanol–water partition coefficient (Wildman–Crippen LogP) is 3.37. The number of rotatable bonds is 5. The lowest BCUT2D eigenvalue weighted by molar-refractivity contribution is -0.136. The zero-order valence-corrected chi connectivity index (χ0v) is 22.4. The Morgan fingerprint density at radius 2 is 1.80 bits per heavy atom. The summed E-state index contributed by atoms with van der Waals surface area (Å²) >= 11 is 6.48. The summed E-state index contributed by atoms with van der Waals surface area (Å²) in [5.74, 6) is -1.59. The maximum atomic E-state index is 13.2. The molecule has 1 unspecified atom stereocenters. The Bertz CT molecular complexity index is 1770. The van der Waals surface area contributed by atoms with Gasteiger partial charge in [0.2, 0.25) is 17.8 Å². The van der Waals surface area contributed by atoms with E-state index in [0.29, 0.717) is 23.2 Å². The molecule has 2 aromatic heterocycles. The van der Waals surface area contributed by atoms with Crippen molar-refractivity contribution in [2.75, 3.05) is 23.3 Å². The molecule has 3 aliphatic rings. The molecule has 0 radical (unpaired) electrons. The summed E-state index contributed by atoms with van der Waals surface area (Å²) in [5, 5.41) is 7.11. The van der Waals surface area contributed by atoms with Gasteiger partial charge < -0.3 is 15.2 Å². The van der Waals surface area contributed by atoms with Crippen molar-refractivity contribution < 1.29 is 19.2 Å². The van der Waals surface area contributed by atoms with E-state index in [1.807, 2.05) is 36.5 Å². The van der Waals surface area contributed by atoms with Crippen molar-refractivity contribution in [1.82, 2.24) is 25.2 Å². The largest absolute Gasteiger partial charge is 0.369 e. The topological polar surface area (TPSA) is 140 Å². The normalized spacial score (nSPS) is 20.6. The minimum atomic E-state index is -0.988. The molecule has 3 N–H and O–H groups in total. The van der Waals surface area contributed by atoms with Gasteiger partial charge in [0.25, 0.3) is 11.8 Å². The molecule has 4 amide bonds. The average molecular weight is 570 g/mol. The van der Waals surface area contributed by atoms with Crippen LogP contribution in [0.3, 0.4) is 0 Å². The average Bonchev–Trinajstić information content (AvgIpc) is 3.67. The van der Waals surface area contributed by atoms with Crippen molar-refractivity contribution in [2.24, 2.45) is 0 Å². The Kier molecular flexibility index (Phi) is 5.97. The first kappa shape index (κ1) is 25.2. The van der Waals surface area contributed by atoms with E-state index in [1.165, 1.54) is 0 Å². The van der Waals surface area contributed by atoms with Crippen molar-refractivity contribution in [3.8, 4) is 11.3 Å². The van der Waals surface area contributed by atoms with Crippen LogP contribution in [0.15, 0.2) is 54.9 Å². The number of H-pyrrole nitrogens is 1. The van der Waals surface area contributed by atoms with Crippen LogP contribution < -0.4 is 15.5 Å². The Morgan fingerprint density at radius 1 is 0.976 bits per heavy atom. The Hall–Kier alpha value is -4.77. The molecule has 4 aromatic rings. The van der Waals surface area contributed by atoms with Gasteiger partial charge in [-0.05, 0) is 37.1 Å². The zero-order valence-electron chi connectivity index (χ0n) is 21.7. The predicted molar refractivity (Wildman–Crippen MR) is 152 cm³/mol. The van der Waals surface area contributed by atoms with E-state index >= 15 is 0 Å². The molecule has 0 bridgehead atoms. The highest BCUT2D eigenvalue weighted by Gasteiger charge is 2.44. The van der Waals surface area contributed by atoms with Crippen LogP contribution in [0.5, 0.6) is 0 Å². The fraction of sp³-hybridized carbons (Fsp3) is 0.241. The van der Waals surface area contributed by atoms with E-state index < -0.39 is 29.7 Å². The van der Waals surface area contributed by atoms with Crippen LogP contribution in [0.1, 0.15) is 40.0 Å². The van der Waals surface area contributed by atoms with Gasteiger partial charge >= 0.3 is 0 Å². The maximum Gasteiger partial charge on any atom is 0.262 e. The highest BCUT2D eigenvalue weighted by Crippen LogP contribution is 2.34. The molecule has 41 heavy (non-hydrogen) atoms. The standard InChI is InChI=1S/C29H24ClN7O4/c30-21-13-32-29(35-25(21)20-12-31-22-4-2-1-3-17(20)22)33-15-9-10-36(14-15)16-5-6-18-19(11-16)28(41)37(27(18)40)23-7-8-24(38)34-26(23)39/h1-6,11-13,15,23,31H,7-10,14H2,(H,32,33,35)(H,34,38,39)/t15-,23?/m1/s1. The summed E-state index contributed by atoms with van der Waals surface area (Å²) in [6.07, 6.45) is 4.50. The van der Waals surface area contributed by atoms with Crippen molar-refractivity contribution >= 4 is 57.8 Å². The highest BCUT2D eigenvalue weighted by atomic mass is 35.5. The second-order valence-corrected chi connectivity index (χ2v) is 10.8. The quantitative estimate of drug-likeness (QED) is 0.311. The van der Waals surface area contributed by atoms with E-state index in [2.05, 4.69) is 25.5 Å². The number of carbonyl (C=O) groups is 4. The summed E-state index contributed by atoms with van der Waals surface area (Å²) in [5.41, 5.74) is 3.85. The molecule has 0 aliphatic carbocycles. The highest BCUT2D eigenvalue weighted by molar-refractivity contribution is 6.33. The van der Waals surface area contributed by atoms with Crippen molar-refractivity contribution in [3.63, 3.8) is 0 Å². The van der Waals surface area contributed by atoms with Gasteiger partial charge in [-0.3, -0.25) is 29.4 Å². The molecular weight excluding hydrogens is 546 g/mol. The number of piperidine rings is 1. The number of aromatic nitrogens is 3. The Labute approximate surface area is 238 Å². The summed E-state index contributed by atoms with van der Waals surface area (Å²) in [7, 11) is 0. The van der Waals surface area contributed by atoms with Gasteiger partial charge in [-0.25, -0.2) is 9.97 Å². The molecule has 12 heteroatoms. The first-order valence-electron chi connectivity index (χ1n) is 13.3. The number of fused-ring (bicyclic) bond motifs is 2. The zero-order chi connectivity index (χ0) is 28.2. The van der Waals surface area contributed by atoms with E-state index in [-0.39, 0.29) is 30.0 Å². The maximum absolute atomic E-state index is 13.2. The van der Waals surface area contributed by atoms with Crippen molar-refractivity contribution in [1.29, 1.82) is 0 Å². The lowest BCUT2D eigenvalue weighted by Crippen LogP contribution is -2.54. The summed E-state index contributed by atoms with van der Waals surface area (Å²) in [4.78, 5) is 65.6. The number of para-hydroxylation sites is 1. The summed E-state index contributed by atoms with van der Waals surface area (Å²) < 4.78 is 0. The third-order valence-electron chi connectivity index (χ3n) is 7.90. The van der Waals surface area contributed by atoms with Crippen LogP contribution in [0.4, 0.5) is 11.6 Å². The third kappa shape index (κ3) is 4.29. The van der Waals surface area contributed by atoms with Crippen LogP contribution in [-0.4, -0.2) is 68.7 Å². The molecule has 206 valence electrons. The third-order valence-corrected chi connectivity index (χ3v) is 8.18. The van der Waals surface area contributed by atoms with E-state index in [9.17, 15) is 19.2 Å². The fourth-order valence-corrected chi connectivity index (χ4v) is 6.04. The van der Waals surface area contributed by atoms with Gasteiger partial charge in [0.05, 0.1) is 28.0 Å². The van der Waals surface area contributed by atoms with Crippen LogP contribution >= 0.6 is 11.6 Å². The number of hydrogen-bond donors (Lipinski definition) is 3. The molecule has 2 saturated heterocycles. The number of aromatic amines is 1. The molecule has 0 spiro atoms.